The van der Waals surface area contributed by atoms with Crippen molar-refractivity contribution >= 4 is 23.2 Å². The molecule has 2 N–H and O–H groups in total. The highest BCUT2D eigenvalue weighted by Crippen LogP contribution is 2.31. The summed E-state index contributed by atoms with van der Waals surface area (Å²) in [7, 11) is 1.58. The van der Waals surface area contributed by atoms with Crippen LogP contribution in [0, 0.1) is 0 Å². The first-order valence-corrected chi connectivity index (χ1v) is 10.4. The van der Waals surface area contributed by atoms with E-state index in [2.05, 4.69) is 10.6 Å². The van der Waals surface area contributed by atoms with Gasteiger partial charge in [0.05, 0.1) is 13.4 Å². The maximum atomic E-state index is 12.3. The third-order valence-corrected chi connectivity index (χ3v) is 4.64. The molecule has 0 aliphatic heterocycles. The highest BCUT2D eigenvalue weighted by atomic mass is 16.5. The highest BCUT2D eigenvalue weighted by molar-refractivity contribution is 6.02. The van der Waals surface area contributed by atoms with E-state index in [4.69, 9.17) is 18.6 Å². The van der Waals surface area contributed by atoms with Gasteiger partial charge in [0.25, 0.3) is 11.8 Å². The number of hydrogen-bond acceptors (Lipinski definition) is 6. The molecular weight excluding hydrogens is 436 g/mol. The molecule has 172 valence electrons. The highest BCUT2D eigenvalue weighted by Gasteiger charge is 2.10. The number of amides is 2. The van der Waals surface area contributed by atoms with Crippen LogP contribution in [0.25, 0.3) is 0 Å². The third kappa shape index (κ3) is 5.95. The van der Waals surface area contributed by atoms with E-state index in [9.17, 15) is 9.59 Å². The Morgan fingerprint density at radius 2 is 1.59 bits per heavy atom. The van der Waals surface area contributed by atoms with Crippen molar-refractivity contribution in [2.75, 3.05) is 24.4 Å². The maximum Gasteiger partial charge on any atom is 0.291 e. The van der Waals surface area contributed by atoms with Gasteiger partial charge >= 0.3 is 0 Å². The molecule has 0 saturated carbocycles. The summed E-state index contributed by atoms with van der Waals surface area (Å²) in [5.41, 5.74) is 1.12. The molecule has 1 heterocycles. The Hall–Kier alpha value is -4.72. The van der Waals surface area contributed by atoms with E-state index in [-0.39, 0.29) is 24.2 Å². The number of anilines is 2. The Morgan fingerprint density at radius 1 is 0.794 bits per heavy atom. The molecule has 0 saturated heterocycles. The largest absolute Gasteiger partial charge is 0.493 e. The number of ether oxygens (including phenoxy) is 3. The van der Waals surface area contributed by atoms with Gasteiger partial charge in [-0.05, 0) is 60.7 Å². The SMILES string of the molecule is COc1ccccc1Oc1ccc(NC(=O)COc2cccc(NC(=O)c3ccco3)c2)cc1. The summed E-state index contributed by atoms with van der Waals surface area (Å²) >= 11 is 0. The molecule has 8 heteroatoms. The van der Waals surface area contributed by atoms with Crippen molar-refractivity contribution in [2.24, 2.45) is 0 Å². The van der Waals surface area contributed by atoms with Crippen LogP contribution >= 0.6 is 0 Å². The summed E-state index contributed by atoms with van der Waals surface area (Å²) < 4.78 is 21.7. The van der Waals surface area contributed by atoms with E-state index >= 15 is 0 Å². The average Bonchev–Trinajstić information content (AvgIpc) is 3.40. The number of hydrogen-bond donors (Lipinski definition) is 2. The van der Waals surface area contributed by atoms with E-state index in [1.165, 1.54) is 6.26 Å². The van der Waals surface area contributed by atoms with Gasteiger partial charge in [0.15, 0.2) is 23.9 Å². The summed E-state index contributed by atoms with van der Waals surface area (Å²) in [6.07, 6.45) is 1.42. The van der Waals surface area contributed by atoms with Crippen LogP contribution in [0.3, 0.4) is 0 Å². The van der Waals surface area contributed by atoms with Crippen molar-refractivity contribution in [2.45, 2.75) is 0 Å². The van der Waals surface area contributed by atoms with Gasteiger partial charge in [-0.2, -0.15) is 0 Å². The van der Waals surface area contributed by atoms with E-state index in [1.807, 2.05) is 24.3 Å². The molecule has 0 radical (unpaired) electrons. The quantitative estimate of drug-likeness (QED) is 0.351. The molecule has 0 aliphatic rings. The van der Waals surface area contributed by atoms with Gasteiger partial charge in [0, 0.05) is 17.4 Å². The number of carbonyl (C=O) groups excluding carboxylic acids is 2. The molecule has 0 unspecified atom stereocenters. The fourth-order valence-corrected chi connectivity index (χ4v) is 3.05. The van der Waals surface area contributed by atoms with Crippen molar-refractivity contribution in [1.82, 2.24) is 0 Å². The zero-order valence-corrected chi connectivity index (χ0v) is 18.3. The Balaban J connectivity index is 1.28. The van der Waals surface area contributed by atoms with E-state index in [0.29, 0.717) is 34.4 Å². The fraction of sp³-hybridized carbons (Fsp3) is 0.0769. The van der Waals surface area contributed by atoms with Gasteiger partial charge in [0.1, 0.15) is 11.5 Å². The first-order chi connectivity index (χ1) is 16.6. The maximum absolute atomic E-state index is 12.3. The predicted octanol–water partition coefficient (Wildman–Crippen LogP) is 5.35. The van der Waals surface area contributed by atoms with Gasteiger partial charge < -0.3 is 29.3 Å². The number of rotatable bonds is 9. The molecule has 0 atom stereocenters. The lowest BCUT2D eigenvalue weighted by molar-refractivity contribution is -0.118. The summed E-state index contributed by atoms with van der Waals surface area (Å²) in [5, 5.41) is 5.47. The van der Waals surface area contributed by atoms with Crippen molar-refractivity contribution in [3.8, 4) is 23.0 Å². The smallest absolute Gasteiger partial charge is 0.291 e. The Kier molecular flexibility index (Phi) is 7.09. The molecule has 2 amide bonds. The molecule has 3 aromatic carbocycles. The van der Waals surface area contributed by atoms with Crippen LogP contribution in [0.2, 0.25) is 0 Å². The van der Waals surface area contributed by atoms with E-state index < -0.39 is 0 Å². The molecule has 1 aromatic heterocycles. The minimum atomic E-state index is -0.377. The number of nitrogens with one attached hydrogen (secondary N) is 2. The van der Waals surface area contributed by atoms with Crippen LogP contribution in [0.4, 0.5) is 11.4 Å². The number of furan rings is 1. The molecule has 4 rings (SSSR count). The van der Waals surface area contributed by atoms with Crippen molar-refractivity contribution in [1.29, 1.82) is 0 Å². The van der Waals surface area contributed by atoms with Gasteiger partial charge in [-0.15, -0.1) is 0 Å². The predicted molar refractivity (Wildman–Crippen MR) is 127 cm³/mol. The van der Waals surface area contributed by atoms with Crippen LogP contribution < -0.4 is 24.8 Å². The lowest BCUT2D eigenvalue weighted by Gasteiger charge is -2.11. The second-order valence-electron chi connectivity index (χ2n) is 7.07. The average molecular weight is 458 g/mol. The minimum Gasteiger partial charge on any atom is -0.493 e. The molecule has 0 aliphatic carbocycles. The minimum absolute atomic E-state index is 0.199. The molecular formula is C26H22N2O6. The molecule has 4 aromatic rings. The van der Waals surface area contributed by atoms with Gasteiger partial charge in [-0.25, -0.2) is 0 Å². The summed E-state index contributed by atoms with van der Waals surface area (Å²) in [5.74, 6) is 1.76. The van der Waals surface area contributed by atoms with Gasteiger partial charge in [0.2, 0.25) is 0 Å². The van der Waals surface area contributed by atoms with Crippen molar-refractivity contribution < 1.29 is 28.2 Å². The lowest BCUT2D eigenvalue weighted by Crippen LogP contribution is -2.20. The Bertz CT molecular complexity index is 1250. The number of methoxy groups -OCH3 is 1. The second-order valence-corrected chi connectivity index (χ2v) is 7.07. The topological polar surface area (TPSA) is 99.0 Å². The zero-order chi connectivity index (χ0) is 23.8. The number of para-hydroxylation sites is 2. The molecule has 34 heavy (non-hydrogen) atoms. The van der Waals surface area contributed by atoms with Crippen LogP contribution in [-0.2, 0) is 4.79 Å². The first kappa shape index (κ1) is 22.5. The Labute approximate surface area is 196 Å². The molecule has 8 nitrogen and oxygen atoms in total. The Morgan fingerprint density at radius 3 is 2.32 bits per heavy atom. The summed E-state index contributed by atoms with van der Waals surface area (Å²) in [4.78, 5) is 24.4. The summed E-state index contributed by atoms with van der Waals surface area (Å²) in [6.45, 7) is -0.199. The number of benzene rings is 3. The van der Waals surface area contributed by atoms with Gasteiger partial charge in [-0.1, -0.05) is 18.2 Å². The zero-order valence-electron chi connectivity index (χ0n) is 18.3. The first-order valence-electron chi connectivity index (χ1n) is 10.4. The van der Waals surface area contributed by atoms with Crippen LogP contribution in [0.5, 0.6) is 23.0 Å². The monoisotopic (exact) mass is 458 g/mol. The second kappa shape index (κ2) is 10.7. The van der Waals surface area contributed by atoms with Crippen molar-refractivity contribution in [3.63, 3.8) is 0 Å². The lowest BCUT2D eigenvalue weighted by atomic mass is 10.3. The van der Waals surface area contributed by atoms with Crippen LogP contribution in [0.15, 0.2) is 95.6 Å². The molecule has 0 bridgehead atoms. The fourth-order valence-electron chi connectivity index (χ4n) is 3.05. The van der Waals surface area contributed by atoms with Crippen molar-refractivity contribution in [3.05, 3.63) is 97.0 Å². The molecule has 0 spiro atoms. The van der Waals surface area contributed by atoms with Gasteiger partial charge in [-0.3, -0.25) is 9.59 Å². The van der Waals surface area contributed by atoms with E-state index in [1.54, 1.807) is 67.8 Å². The van der Waals surface area contributed by atoms with E-state index in [0.717, 1.165) is 0 Å². The summed E-state index contributed by atoms with van der Waals surface area (Å²) in [6, 6.07) is 24.2. The molecule has 0 fully saturated rings. The standard InChI is InChI=1S/C26H22N2O6/c1-31-22-8-2-3-9-23(22)34-20-13-11-18(12-14-20)27-25(29)17-33-21-7-4-6-19(16-21)28-26(30)24-10-5-15-32-24/h2-16H,17H2,1H3,(H,27,29)(H,28,30). The normalized spacial score (nSPS) is 10.3. The van der Waals surface area contributed by atoms with Crippen LogP contribution in [-0.4, -0.2) is 25.5 Å². The van der Waals surface area contributed by atoms with Crippen LogP contribution in [0.1, 0.15) is 10.6 Å². The third-order valence-electron chi connectivity index (χ3n) is 4.64. The number of carbonyl (C=O) groups is 2.